The first-order chi connectivity index (χ1) is 17.6. The van der Waals surface area contributed by atoms with Gasteiger partial charge in [0.05, 0.1) is 17.3 Å². The molecule has 1 aliphatic heterocycles. The van der Waals surface area contributed by atoms with Crippen LogP contribution in [-0.2, 0) is 4.79 Å². The summed E-state index contributed by atoms with van der Waals surface area (Å²) in [5, 5.41) is 23.9. The van der Waals surface area contributed by atoms with Crippen molar-refractivity contribution in [3.05, 3.63) is 59.2 Å². The third-order valence-electron chi connectivity index (χ3n) is 8.29. The van der Waals surface area contributed by atoms with Gasteiger partial charge in [-0.15, -0.1) is 0 Å². The van der Waals surface area contributed by atoms with E-state index in [9.17, 15) is 15.3 Å². The summed E-state index contributed by atoms with van der Waals surface area (Å²) in [4.78, 5) is 22.6. The van der Waals surface area contributed by atoms with E-state index in [1.54, 1.807) is 6.20 Å². The number of pyridine rings is 2. The highest BCUT2D eigenvalue weighted by atomic mass is 16.5. The van der Waals surface area contributed by atoms with Crippen LogP contribution in [0.15, 0.2) is 42.7 Å². The van der Waals surface area contributed by atoms with Crippen molar-refractivity contribution in [3.8, 4) is 17.2 Å². The summed E-state index contributed by atoms with van der Waals surface area (Å²) in [6.07, 6.45) is 9.75. The standard InChI is InChI=1S/C29H29N5O2/c30-15-22-14-25(24-3-1-2-21-16-33(36)11-10-23(21)24)27(19-6-7-19)31-28(22)32-12-13-34(29(35)20-8-9-20)26(17-32)18-4-5-18/h1-3,10-11,14,16,18-20,26H,4-9,12-13,17H2. The van der Waals surface area contributed by atoms with Gasteiger partial charge in [0.1, 0.15) is 11.9 Å². The minimum atomic E-state index is 0.223. The fraction of sp³-hybridized carbons (Fsp3) is 0.448. The topological polar surface area (TPSA) is 87.2 Å². The number of carbonyl (C=O) groups is 1. The molecule has 1 saturated heterocycles. The van der Waals surface area contributed by atoms with Crippen LogP contribution in [0.25, 0.3) is 21.9 Å². The van der Waals surface area contributed by atoms with Crippen molar-refractivity contribution in [1.82, 2.24) is 9.88 Å². The zero-order chi connectivity index (χ0) is 24.4. The molecular weight excluding hydrogens is 450 g/mol. The lowest BCUT2D eigenvalue weighted by Crippen LogP contribution is -2.57. The number of piperazine rings is 1. The quantitative estimate of drug-likeness (QED) is 0.406. The van der Waals surface area contributed by atoms with Crippen LogP contribution in [0.4, 0.5) is 5.82 Å². The van der Waals surface area contributed by atoms with Crippen molar-refractivity contribution in [2.45, 2.75) is 50.5 Å². The van der Waals surface area contributed by atoms with Gasteiger partial charge < -0.3 is 15.0 Å². The Labute approximate surface area is 210 Å². The number of rotatable bonds is 5. The molecule has 0 spiro atoms. The molecule has 1 aromatic carbocycles. The van der Waals surface area contributed by atoms with Gasteiger partial charge in [0.15, 0.2) is 12.4 Å². The summed E-state index contributed by atoms with van der Waals surface area (Å²) < 4.78 is 0.819. The average molecular weight is 480 g/mol. The molecule has 3 saturated carbocycles. The van der Waals surface area contributed by atoms with Crippen LogP contribution < -0.4 is 9.63 Å². The fourth-order valence-electron chi connectivity index (χ4n) is 5.89. The number of anilines is 1. The van der Waals surface area contributed by atoms with E-state index in [-0.39, 0.29) is 12.0 Å². The van der Waals surface area contributed by atoms with Gasteiger partial charge in [-0.1, -0.05) is 12.1 Å². The molecule has 0 radical (unpaired) electrons. The minimum Gasteiger partial charge on any atom is -0.619 e. The number of benzene rings is 1. The second kappa shape index (κ2) is 8.19. The highest BCUT2D eigenvalue weighted by Crippen LogP contribution is 2.46. The number of aromatic nitrogens is 2. The Morgan fingerprint density at radius 3 is 2.64 bits per heavy atom. The second-order valence-corrected chi connectivity index (χ2v) is 10.9. The third-order valence-corrected chi connectivity index (χ3v) is 8.29. The largest absolute Gasteiger partial charge is 0.619 e. The Kier molecular flexibility index (Phi) is 4.92. The molecule has 3 aromatic rings. The molecule has 1 atom stereocenters. The Hall–Kier alpha value is -3.66. The Morgan fingerprint density at radius 1 is 1.08 bits per heavy atom. The molecule has 36 heavy (non-hydrogen) atoms. The Bertz CT molecular complexity index is 1420. The molecule has 2 aromatic heterocycles. The summed E-state index contributed by atoms with van der Waals surface area (Å²) in [5.74, 6) is 2.31. The number of fused-ring (bicyclic) bond motifs is 1. The van der Waals surface area contributed by atoms with E-state index in [0.717, 1.165) is 70.4 Å². The monoisotopic (exact) mass is 479 g/mol. The summed E-state index contributed by atoms with van der Waals surface area (Å²) >= 11 is 0. The molecule has 182 valence electrons. The van der Waals surface area contributed by atoms with E-state index >= 15 is 0 Å². The first-order valence-corrected chi connectivity index (χ1v) is 13.2. The first-order valence-electron chi connectivity index (χ1n) is 13.2. The van der Waals surface area contributed by atoms with Crippen molar-refractivity contribution in [3.63, 3.8) is 0 Å². The second-order valence-electron chi connectivity index (χ2n) is 10.9. The van der Waals surface area contributed by atoms with Gasteiger partial charge in [0.2, 0.25) is 5.91 Å². The molecule has 1 unspecified atom stereocenters. The summed E-state index contributed by atoms with van der Waals surface area (Å²) in [5.41, 5.74) is 3.64. The molecule has 7 rings (SSSR count). The Morgan fingerprint density at radius 2 is 1.92 bits per heavy atom. The van der Waals surface area contributed by atoms with Crippen LogP contribution in [0.1, 0.15) is 55.7 Å². The predicted molar refractivity (Wildman–Crippen MR) is 136 cm³/mol. The molecule has 0 N–H and O–H groups in total. The number of amides is 1. The van der Waals surface area contributed by atoms with Crippen LogP contribution in [0.2, 0.25) is 0 Å². The normalized spacial score (nSPS) is 22.0. The zero-order valence-electron chi connectivity index (χ0n) is 20.3. The average Bonchev–Trinajstić information content (AvgIpc) is 3.76. The smallest absolute Gasteiger partial charge is 0.226 e. The molecule has 4 fully saturated rings. The van der Waals surface area contributed by atoms with Gasteiger partial charge >= 0.3 is 0 Å². The van der Waals surface area contributed by atoms with Crippen molar-refractivity contribution in [1.29, 1.82) is 5.26 Å². The maximum Gasteiger partial charge on any atom is 0.226 e. The number of carbonyl (C=O) groups excluding carboxylic acids is 1. The third kappa shape index (κ3) is 3.76. The number of nitriles is 1. The van der Waals surface area contributed by atoms with Crippen molar-refractivity contribution < 1.29 is 9.52 Å². The van der Waals surface area contributed by atoms with Crippen LogP contribution in [0.5, 0.6) is 0 Å². The van der Waals surface area contributed by atoms with Crippen LogP contribution >= 0.6 is 0 Å². The van der Waals surface area contributed by atoms with Gasteiger partial charge in [-0.05, 0) is 62.1 Å². The summed E-state index contributed by atoms with van der Waals surface area (Å²) in [6.45, 7) is 2.18. The first kappa shape index (κ1) is 21.6. The van der Waals surface area contributed by atoms with E-state index in [1.807, 2.05) is 24.3 Å². The van der Waals surface area contributed by atoms with Gasteiger partial charge in [-0.25, -0.2) is 4.98 Å². The molecule has 4 aliphatic rings. The lowest BCUT2D eigenvalue weighted by molar-refractivity contribution is -0.603. The van der Waals surface area contributed by atoms with E-state index in [1.165, 1.54) is 19.0 Å². The maximum absolute atomic E-state index is 13.0. The predicted octanol–water partition coefficient (Wildman–Crippen LogP) is 4.12. The maximum atomic E-state index is 13.0. The number of nitrogens with zero attached hydrogens (tertiary/aromatic N) is 5. The SMILES string of the molecule is N#Cc1cc(-c2cccc3c[n+]([O-])ccc23)c(C2CC2)nc1N1CCN(C(=O)C2CC2)C(C2CC2)C1. The van der Waals surface area contributed by atoms with Gasteiger partial charge in [-0.2, -0.15) is 9.99 Å². The fourth-order valence-corrected chi connectivity index (χ4v) is 5.89. The van der Waals surface area contributed by atoms with Crippen LogP contribution in [0.3, 0.4) is 0 Å². The highest BCUT2D eigenvalue weighted by molar-refractivity contribution is 5.97. The zero-order valence-corrected chi connectivity index (χ0v) is 20.3. The minimum absolute atomic E-state index is 0.223. The molecule has 7 heteroatoms. The summed E-state index contributed by atoms with van der Waals surface area (Å²) in [7, 11) is 0. The molecule has 1 amide bonds. The molecule has 3 aliphatic carbocycles. The van der Waals surface area contributed by atoms with E-state index < -0.39 is 0 Å². The number of hydrogen-bond donors (Lipinski definition) is 0. The van der Waals surface area contributed by atoms with Crippen molar-refractivity contribution in [2.24, 2.45) is 11.8 Å². The molecule has 7 nitrogen and oxygen atoms in total. The lowest BCUT2D eigenvalue weighted by Gasteiger charge is -2.43. The summed E-state index contributed by atoms with van der Waals surface area (Å²) in [6, 6.07) is 12.5. The molecule has 3 heterocycles. The highest BCUT2D eigenvalue weighted by Gasteiger charge is 2.45. The molecule has 0 bridgehead atoms. The number of hydrogen-bond acceptors (Lipinski definition) is 5. The van der Waals surface area contributed by atoms with E-state index in [0.29, 0.717) is 36.4 Å². The van der Waals surface area contributed by atoms with Gasteiger partial charge in [0.25, 0.3) is 0 Å². The van der Waals surface area contributed by atoms with E-state index in [2.05, 4.69) is 21.9 Å². The van der Waals surface area contributed by atoms with Crippen LogP contribution in [0, 0.1) is 28.4 Å². The van der Waals surface area contributed by atoms with E-state index in [4.69, 9.17) is 4.98 Å². The lowest BCUT2D eigenvalue weighted by atomic mass is 9.95. The van der Waals surface area contributed by atoms with Gasteiger partial charge in [0, 0.05) is 53.9 Å². The van der Waals surface area contributed by atoms with Gasteiger partial charge in [-0.3, -0.25) is 4.79 Å². The van der Waals surface area contributed by atoms with Crippen molar-refractivity contribution >= 4 is 22.5 Å². The Balaban J connectivity index is 1.28. The van der Waals surface area contributed by atoms with Crippen LogP contribution in [-0.4, -0.2) is 41.5 Å². The van der Waals surface area contributed by atoms with Crippen molar-refractivity contribution in [2.75, 3.05) is 24.5 Å². The molecular formula is C29H29N5O2.